The third kappa shape index (κ3) is 4.68. The lowest BCUT2D eigenvalue weighted by Gasteiger charge is -2.31. The molecule has 0 aliphatic carbocycles. The molecule has 1 aromatic carbocycles. The first-order chi connectivity index (χ1) is 9.95. The Morgan fingerprint density at radius 1 is 1.32 bits per heavy atom. The fraction of sp³-hybridized carbons (Fsp3) is 0.600. The van der Waals surface area contributed by atoms with Crippen molar-refractivity contribution in [1.82, 2.24) is 9.62 Å². The molecule has 0 amide bonds. The largest absolute Gasteiger partial charge is 0.317 e. The van der Waals surface area contributed by atoms with Gasteiger partial charge in [0.1, 0.15) is 0 Å². The quantitative estimate of drug-likeness (QED) is 0.809. The Morgan fingerprint density at radius 3 is 2.55 bits per heavy atom. The second kappa shape index (κ2) is 8.64. The molecule has 1 N–H and O–H groups in total. The maximum Gasteiger partial charge on any atom is 0.244 e. The van der Waals surface area contributed by atoms with Crippen molar-refractivity contribution in [3.8, 4) is 0 Å². The van der Waals surface area contributed by atoms with E-state index in [9.17, 15) is 8.42 Å². The Labute approximate surface area is 148 Å². The lowest BCUT2D eigenvalue weighted by atomic mass is 9.98. The maximum atomic E-state index is 12.8. The van der Waals surface area contributed by atoms with Gasteiger partial charge >= 0.3 is 0 Å². The summed E-state index contributed by atoms with van der Waals surface area (Å²) in [5.41, 5.74) is 0.957. The van der Waals surface area contributed by atoms with Crippen molar-refractivity contribution in [3.05, 3.63) is 28.2 Å². The van der Waals surface area contributed by atoms with Crippen LogP contribution in [0.25, 0.3) is 0 Å². The molecular weight excluding hydrogens is 388 g/mol. The fourth-order valence-electron chi connectivity index (χ4n) is 2.65. The molecular formula is C15H24BrClN2O2S. The van der Waals surface area contributed by atoms with Crippen LogP contribution in [0.2, 0.25) is 0 Å². The highest BCUT2D eigenvalue weighted by atomic mass is 79.9. The average Bonchev–Trinajstić information content (AvgIpc) is 2.48. The van der Waals surface area contributed by atoms with Gasteiger partial charge in [-0.05, 0) is 72.4 Å². The van der Waals surface area contributed by atoms with E-state index in [4.69, 9.17) is 0 Å². The summed E-state index contributed by atoms with van der Waals surface area (Å²) >= 11 is 3.36. The number of nitrogens with one attached hydrogen (secondary N) is 1. The van der Waals surface area contributed by atoms with E-state index in [0.29, 0.717) is 28.4 Å². The normalized spacial score (nSPS) is 17.2. The maximum absolute atomic E-state index is 12.8. The van der Waals surface area contributed by atoms with E-state index in [2.05, 4.69) is 28.2 Å². The van der Waals surface area contributed by atoms with Crippen LogP contribution in [0, 0.1) is 12.8 Å². The summed E-state index contributed by atoms with van der Waals surface area (Å²) in [4.78, 5) is 0.382. The van der Waals surface area contributed by atoms with Gasteiger partial charge in [0.15, 0.2) is 0 Å². The predicted molar refractivity (Wildman–Crippen MR) is 96.2 cm³/mol. The minimum atomic E-state index is -3.39. The smallest absolute Gasteiger partial charge is 0.244 e. The van der Waals surface area contributed by atoms with Gasteiger partial charge < -0.3 is 5.32 Å². The Balaban J connectivity index is 0.00000242. The van der Waals surface area contributed by atoms with Crippen molar-refractivity contribution < 1.29 is 8.42 Å². The summed E-state index contributed by atoms with van der Waals surface area (Å²) in [7, 11) is -3.39. The summed E-state index contributed by atoms with van der Waals surface area (Å²) in [6.45, 7) is 7.17. The monoisotopic (exact) mass is 410 g/mol. The summed E-state index contributed by atoms with van der Waals surface area (Å²) in [5, 5.41) is 3.34. The van der Waals surface area contributed by atoms with Crippen molar-refractivity contribution in [1.29, 1.82) is 0 Å². The first kappa shape index (κ1) is 19.9. The highest BCUT2D eigenvalue weighted by Crippen LogP contribution is 2.29. The lowest BCUT2D eigenvalue weighted by Crippen LogP contribution is -2.40. The van der Waals surface area contributed by atoms with Gasteiger partial charge in [-0.25, -0.2) is 8.42 Å². The zero-order valence-corrected chi connectivity index (χ0v) is 16.2. The van der Waals surface area contributed by atoms with Crippen LogP contribution in [0.1, 0.15) is 25.3 Å². The van der Waals surface area contributed by atoms with Crippen LogP contribution in [0.4, 0.5) is 0 Å². The third-order valence-electron chi connectivity index (χ3n) is 3.96. The van der Waals surface area contributed by atoms with Crippen molar-refractivity contribution in [2.75, 3.05) is 26.2 Å². The third-order valence-corrected chi connectivity index (χ3v) is 6.85. The van der Waals surface area contributed by atoms with Crippen molar-refractivity contribution in [3.63, 3.8) is 0 Å². The number of aryl methyl sites for hydroxylation is 1. The number of nitrogens with zero attached hydrogens (tertiary/aromatic N) is 1. The second-order valence-corrected chi connectivity index (χ2v) is 8.35. The molecule has 2 rings (SSSR count). The number of piperidine rings is 1. The van der Waals surface area contributed by atoms with Crippen LogP contribution in [0.5, 0.6) is 0 Å². The van der Waals surface area contributed by atoms with Gasteiger partial charge in [0.25, 0.3) is 0 Å². The fourth-order valence-corrected chi connectivity index (χ4v) is 5.13. The van der Waals surface area contributed by atoms with E-state index >= 15 is 0 Å². The molecule has 0 atom stereocenters. The van der Waals surface area contributed by atoms with Crippen molar-refractivity contribution in [2.45, 2.75) is 31.6 Å². The number of rotatable bonds is 5. The minimum Gasteiger partial charge on any atom is -0.317 e. The van der Waals surface area contributed by atoms with Crippen LogP contribution in [0.3, 0.4) is 0 Å². The van der Waals surface area contributed by atoms with Gasteiger partial charge in [-0.3, -0.25) is 0 Å². The SMILES string of the molecule is CCNCC1CCN(S(=O)(=O)c2cc(C)ccc2Br)CC1.Cl. The molecule has 0 unspecified atom stereocenters. The number of hydrogen-bond donors (Lipinski definition) is 1. The topological polar surface area (TPSA) is 49.4 Å². The molecule has 4 nitrogen and oxygen atoms in total. The molecule has 0 spiro atoms. The van der Waals surface area contributed by atoms with E-state index in [1.54, 1.807) is 16.4 Å². The zero-order valence-electron chi connectivity index (χ0n) is 13.0. The Morgan fingerprint density at radius 2 is 1.95 bits per heavy atom. The number of benzene rings is 1. The van der Waals surface area contributed by atoms with Gasteiger partial charge in [-0.15, -0.1) is 12.4 Å². The van der Waals surface area contributed by atoms with Crippen LogP contribution < -0.4 is 5.32 Å². The first-order valence-corrected chi connectivity index (χ1v) is 9.65. The van der Waals surface area contributed by atoms with E-state index in [1.807, 2.05) is 13.0 Å². The molecule has 1 aromatic rings. The highest BCUT2D eigenvalue weighted by Gasteiger charge is 2.30. The summed E-state index contributed by atoms with van der Waals surface area (Å²) in [6.07, 6.45) is 1.85. The highest BCUT2D eigenvalue weighted by molar-refractivity contribution is 9.10. The minimum absolute atomic E-state index is 0. The lowest BCUT2D eigenvalue weighted by molar-refractivity contribution is 0.268. The van der Waals surface area contributed by atoms with Crippen LogP contribution in [-0.2, 0) is 10.0 Å². The van der Waals surface area contributed by atoms with Crippen LogP contribution >= 0.6 is 28.3 Å². The van der Waals surface area contributed by atoms with E-state index < -0.39 is 10.0 Å². The molecule has 1 heterocycles. The van der Waals surface area contributed by atoms with E-state index in [-0.39, 0.29) is 12.4 Å². The number of hydrogen-bond acceptors (Lipinski definition) is 3. The molecule has 1 aliphatic rings. The Bertz CT molecular complexity index is 587. The Kier molecular flexibility index (Phi) is 7.82. The van der Waals surface area contributed by atoms with Crippen LogP contribution in [0.15, 0.2) is 27.6 Å². The number of halogens is 2. The van der Waals surface area contributed by atoms with Gasteiger partial charge in [0.05, 0.1) is 4.90 Å². The summed E-state index contributed by atoms with van der Waals surface area (Å²) in [6, 6.07) is 5.45. The van der Waals surface area contributed by atoms with Gasteiger partial charge in [0, 0.05) is 17.6 Å². The summed E-state index contributed by atoms with van der Waals surface area (Å²) < 4.78 is 27.8. The van der Waals surface area contributed by atoms with Gasteiger partial charge in [-0.2, -0.15) is 4.31 Å². The number of sulfonamides is 1. The standard InChI is InChI=1S/C15H23BrN2O2S.ClH/c1-3-17-11-13-6-8-18(9-7-13)21(19,20)15-10-12(2)4-5-14(15)16;/h4-5,10,13,17H,3,6-9,11H2,1-2H3;1H. The molecule has 22 heavy (non-hydrogen) atoms. The molecule has 0 radical (unpaired) electrons. The molecule has 0 bridgehead atoms. The van der Waals surface area contributed by atoms with Crippen molar-refractivity contribution >= 4 is 38.4 Å². The van der Waals surface area contributed by atoms with Crippen LogP contribution in [-0.4, -0.2) is 38.9 Å². The Hall–Kier alpha value is -0.140. The second-order valence-electron chi connectivity index (χ2n) is 5.59. The van der Waals surface area contributed by atoms with Crippen molar-refractivity contribution in [2.24, 2.45) is 5.92 Å². The average molecular weight is 412 g/mol. The molecule has 126 valence electrons. The first-order valence-electron chi connectivity index (χ1n) is 7.42. The molecule has 1 saturated heterocycles. The van der Waals surface area contributed by atoms with E-state index in [1.165, 1.54) is 0 Å². The van der Waals surface area contributed by atoms with Gasteiger partial charge in [0.2, 0.25) is 10.0 Å². The zero-order chi connectivity index (χ0) is 15.5. The molecule has 1 fully saturated rings. The van der Waals surface area contributed by atoms with Gasteiger partial charge in [-0.1, -0.05) is 13.0 Å². The molecule has 0 saturated carbocycles. The van der Waals surface area contributed by atoms with E-state index in [0.717, 1.165) is 31.5 Å². The summed E-state index contributed by atoms with van der Waals surface area (Å²) in [5.74, 6) is 0.581. The molecule has 1 aliphatic heterocycles. The molecule has 7 heteroatoms. The predicted octanol–water partition coefficient (Wildman–Crippen LogP) is 3.19. The molecule has 0 aromatic heterocycles.